The van der Waals surface area contributed by atoms with Crippen molar-refractivity contribution < 1.29 is 9.59 Å². The van der Waals surface area contributed by atoms with Gasteiger partial charge in [-0.3, -0.25) is 4.79 Å². The Hall–Kier alpha value is -2.66. The first kappa shape index (κ1) is 34.2. The van der Waals surface area contributed by atoms with Crippen molar-refractivity contribution in [1.82, 2.24) is 16.0 Å². The van der Waals surface area contributed by atoms with Gasteiger partial charge in [0.2, 0.25) is 5.91 Å². The van der Waals surface area contributed by atoms with Gasteiger partial charge in [0.1, 0.15) is 0 Å². The van der Waals surface area contributed by atoms with Gasteiger partial charge in [-0.15, -0.1) is 23.5 Å². The Balaban J connectivity index is 1.06. The number of amides is 3. The first-order valence-electron chi connectivity index (χ1n) is 16.7. The molecule has 0 aliphatic carbocycles. The number of nitrogens with one attached hydrogen (secondary N) is 3. The molecule has 6 nitrogen and oxygen atoms in total. The van der Waals surface area contributed by atoms with Gasteiger partial charge >= 0.3 is 6.03 Å². The zero-order valence-electron chi connectivity index (χ0n) is 26.7. The van der Waals surface area contributed by atoms with Crippen LogP contribution >= 0.6 is 47.9 Å². The molecule has 3 N–H and O–H groups in total. The molecule has 2 fully saturated rings. The van der Waals surface area contributed by atoms with Crippen molar-refractivity contribution >= 4 is 76.8 Å². The molecule has 0 aromatic heterocycles. The molecule has 0 unspecified atom stereocenters. The lowest BCUT2D eigenvalue weighted by Crippen LogP contribution is -2.36. The standard InChI is InChI=1S/C37H44N4O2S4/c42-33(19-9-8-18-32-35-29(25-47-32)39-37(43)40-35)38-20-10-22-45-36(46-23-11-21-44)34-27-14-4-6-16-30(27)41(24-26-12-2-1-3-13-26)31-17-7-5-15-28(31)34/h1-7,12-17,29,32,35,44H,8-11,18-25H2,(H,38,42)(H2,39,40,43)/t29-,32-,35-/m1/s1. The average molecular weight is 705 g/mol. The summed E-state index contributed by atoms with van der Waals surface area (Å²) in [7, 11) is 0. The number of carbonyl (C=O) groups is 2. The summed E-state index contributed by atoms with van der Waals surface area (Å²) in [5.41, 5.74) is 7.62. The van der Waals surface area contributed by atoms with Crippen LogP contribution in [0.15, 0.2) is 83.1 Å². The number of urea groups is 1. The highest BCUT2D eigenvalue weighted by Crippen LogP contribution is 2.50. The summed E-state index contributed by atoms with van der Waals surface area (Å²) in [6.07, 6.45) is 5.46. The molecule has 248 valence electrons. The molecule has 0 radical (unpaired) electrons. The number of anilines is 2. The molecule has 10 heteroatoms. The van der Waals surface area contributed by atoms with Gasteiger partial charge < -0.3 is 20.9 Å². The van der Waals surface area contributed by atoms with Crippen LogP contribution in [0.5, 0.6) is 0 Å². The second kappa shape index (κ2) is 17.1. The van der Waals surface area contributed by atoms with Gasteiger partial charge in [0.15, 0.2) is 0 Å². The maximum atomic E-state index is 12.6. The molecule has 3 amide bonds. The maximum absolute atomic E-state index is 12.6. The van der Waals surface area contributed by atoms with E-state index in [1.165, 1.54) is 37.9 Å². The third-order valence-corrected chi connectivity index (χ3v) is 13.3. The van der Waals surface area contributed by atoms with E-state index < -0.39 is 0 Å². The number of hydrogen-bond acceptors (Lipinski definition) is 7. The molecule has 3 heterocycles. The SMILES string of the molecule is O=C(CCCC[C@H]1SC[C@H]2NC(=O)N[C@H]21)NCCCSC(SCCCS)=C1c2ccccc2N(Cc2ccccc2)c2ccccc21. The van der Waals surface area contributed by atoms with Crippen LogP contribution in [0.3, 0.4) is 0 Å². The van der Waals surface area contributed by atoms with Crippen molar-refractivity contribution in [2.24, 2.45) is 0 Å². The Bertz CT molecular complexity index is 1500. The third kappa shape index (κ3) is 8.69. The van der Waals surface area contributed by atoms with Crippen molar-refractivity contribution in [2.45, 2.75) is 62.4 Å². The van der Waals surface area contributed by atoms with Crippen LogP contribution in [0, 0.1) is 0 Å². The summed E-state index contributed by atoms with van der Waals surface area (Å²) >= 11 is 10.3. The first-order valence-corrected chi connectivity index (χ1v) is 20.3. The molecule has 0 saturated carbocycles. The monoisotopic (exact) mass is 704 g/mol. The smallest absolute Gasteiger partial charge is 0.315 e. The Morgan fingerprint density at radius 1 is 0.872 bits per heavy atom. The molecule has 6 rings (SSSR count). The second-order valence-corrected chi connectivity index (χ2v) is 16.3. The summed E-state index contributed by atoms with van der Waals surface area (Å²) in [6.45, 7) is 1.50. The summed E-state index contributed by atoms with van der Waals surface area (Å²) < 4.78 is 1.35. The quantitative estimate of drug-likeness (QED) is 0.0687. The molecule has 3 aliphatic rings. The molecule has 3 aromatic rings. The first-order chi connectivity index (χ1) is 23.1. The van der Waals surface area contributed by atoms with Crippen LogP contribution in [0.2, 0.25) is 0 Å². The van der Waals surface area contributed by atoms with Gasteiger partial charge in [-0.25, -0.2) is 4.79 Å². The molecule has 3 aromatic carbocycles. The van der Waals surface area contributed by atoms with Crippen LogP contribution < -0.4 is 20.9 Å². The summed E-state index contributed by atoms with van der Waals surface area (Å²) in [5, 5.41) is 9.66. The summed E-state index contributed by atoms with van der Waals surface area (Å²) in [6, 6.07) is 28.7. The molecule has 0 spiro atoms. The second-order valence-electron chi connectivity index (χ2n) is 12.1. The minimum atomic E-state index is -0.0405. The van der Waals surface area contributed by atoms with Crippen LogP contribution in [-0.4, -0.2) is 58.8 Å². The lowest BCUT2D eigenvalue weighted by atomic mass is 9.91. The largest absolute Gasteiger partial charge is 0.356 e. The molecule has 0 bridgehead atoms. The average Bonchev–Trinajstić information content (AvgIpc) is 3.65. The zero-order valence-corrected chi connectivity index (χ0v) is 30.0. The van der Waals surface area contributed by atoms with E-state index >= 15 is 0 Å². The molecular formula is C37H44N4O2S4. The Morgan fingerprint density at radius 2 is 1.55 bits per heavy atom. The van der Waals surface area contributed by atoms with Crippen molar-refractivity contribution in [2.75, 3.05) is 34.5 Å². The minimum absolute atomic E-state index is 0.0405. The Labute approximate surface area is 297 Å². The van der Waals surface area contributed by atoms with Gasteiger partial charge in [-0.2, -0.15) is 24.4 Å². The minimum Gasteiger partial charge on any atom is -0.356 e. The van der Waals surface area contributed by atoms with E-state index in [4.69, 9.17) is 0 Å². The van der Waals surface area contributed by atoms with Crippen molar-refractivity contribution in [3.8, 4) is 0 Å². The van der Waals surface area contributed by atoms with Crippen LogP contribution in [0.4, 0.5) is 16.2 Å². The fourth-order valence-electron chi connectivity index (χ4n) is 6.51. The number of carbonyl (C=O) groups excluding carboxylic acids is 2. The number of rotatable bonds is 16. The van der Waals surface area contributed by atoms with Gasteiger partial charge in [-0.1, -0.05) is 73.2 Å². The predicted octanol–water partition coefficient (Wildman–Crippen LogP) is 8.07. The van der Waals surface area contributed by atoms with Crippen molar-refractivity contribution in [3.63, 3.8) is 0 Å². The highest BCUT2D eigenvalue weighted by molar-refractivity contribution is 8.22. The van der Waals surface area contributed by atoms with Gasteiger partial charge in [0.25, 0.3) is 0 Å². The summed E-state index contributed by atoms with van der Waals surface area (Å²) in [4.78, 5) is 26.7. The van der Waals surface area contributed by atoms with Gasteiger partial charge in [-0.05, 0) is 54.9 Å². The third-order valence-electron chi connectivity index (χ3n) is 8.81. The van der Waals surface area contributed by atoms with E-state index in [0.29, 0.717) is 18.2 Å². The van der Waals surface area contributed by atoms with Crippen molar-refractivity contribution in [1.29, 1.82) is 0 Å². The number of hydrogen-bond donors (Lipinski definition) is 4. The van der Waals surface area contributed by atoms with E-state index in [0.717, 1.165) is 61.7 Å². The molecule has 3 aliphatic heterocycles. The Kier molecular flexibility index (Phi) is 12.5. The van der Waals surface area contributed by atoms with E-state index in [2.05, 4.69) is 112 Å². The topological polar surface area (TPSA) is 73.5 Å². The number of fused-ring (bicyclic) bond motifs is 3. The van der Waals surface area contributed by atoms with Crippen LogP contribution in [0.1, 0.15) is 55.2 Å². The normalized spacial score (nSPS) is 19.4. The predicted molar refractivity (Wildman–Crippen MR) is 206 cm³/mol. The fraction of sp³-hybridized carbons (Fsp3) is 0.405. The lowest BCUT2D eigenvalue weighted by molar-refractivity contribution is -0.121. The number of para-hydroxylation sites is 2. The summed E-state index contributed by atoms with van der Waals surface area (Å²) in [5.74, 6) is 3.95. The van der Waals surface area contributed by atoms with Crippen LogP contribution in [0.25, 0.3) is 5.57 Å². The number of nitrogens with zero attached hydrogens (tertiary/aromatic N) is 1. The van der Waals surface area contributed by atoms with E-state index in [-0.39, 0.29) is 24.0 Å². The van der Waals surface area contributed by atoms with Crippen LogP contribution in [-0.2, 0) is 11.3 Å². The van der Waals surface area contributed by atoms with Gasteiger partial charge in [0.05, 0.1) is 12.1 Å². The maximum Gasteiger partial charge on any atom is 0.315 e. The van der Waals surface area contributed by atoms with Gasteiger partial charge in [0, 0.05) is 68.6 Å². The Morgan fingerprint density at radius 3 is 2.28 bits per heavy atom. The molecule has 47 heavy (non-hydrogen) atoms. The molecule has 3 atom stereocenters. The zero-order chi connectivity index (χ0) is 32.4. The number of thioether (sulfide) groups is 3. The molecule has 2 saturated heterocycles. The van der Waals surface area contributed by atoms with E-state index in [1.54, 1.807) is 0 Å². The molecular weight excluding hydrogens is 661 g/mol. The lowest BCUT2D eigenvalue weighted by Gasteiger charge is -2.35. The number of thiol groups is 1. The highest BCUT2D eigenvalue weighted by atomic mass is 32.2. The highest BCUT2D eigenvalue weighted by Gasteiger charge is 2.42. The fourth-order valence-corrected chi connectivity index (χ4v) is 10.9. The number of unbranched alkanes of at least 4 members (excludes halogenated alkanes) is 1. The van der Waals surface area contributed by atoms with E-state index in [1.807, 2.05) is 35.3 Å². The number of benzene rings is 3. The van der Waals surface area contributed by atoms with E-state index in [9.17, 15) is 9.59 Å². The van der Waals surface area contributed by atoms with Crippen molar-refractivity contribution in [3.05, 3.63) is 99.8 Å².